The summed E-state index contributed by atoms with van der Waals surface area (Å²) in [6.07, 6.45) is -4.17. The Morgan fingerprint density at radius 3 is 2.35 bits per heavy atom. The smallest absolute Gasteiger partial charge is 0.368 e. The van der Waals surface area contributed by atoms with Crippen LogP contribution in [0.5, 0.6) is 0 Å². The monoisotopic (exact) mass is 431 g/mol. The van der Waals surface area contributed by atoms with Gasteiger partial charge in [-0.2, -0.15) is 13.2 Å². The molecule has 1 atom stereocenters. The van der Waals surface area contributed by atoms with Crippen molar-refractivity contribution in [2.24, 2.45) is 5.92 Å². The van der Waals surface area contributed by atoms with E-state index in [1.54, 1.807) is 15.9 Å². The number of benzene rings is 2. The summed E-state index contributed by atoms with van der Waals surface area (Å²) in [6, 6.07) is 14.9. The highest BCUT2D eigenvalue weighted by Crippen LogP contribution is 2.32. The van der Waals surface area contributed by atoms with Crippen LogP contribution in [-0.4, -0.2) is 54.3 Å². The first-order valence-corrected chi connectivity index (χ1v) is 10.3. The van der Waals surface area contributed by atoms with Crippen LogP contribution in [-0.2, 0) is 22.3 Å². The van der Waals surface area contributed by atoms with Crippen molar-refractivity contribution >= 4 is 17.5 Å². The van der Waals surface area contributed by atoms with Crippen LogP contribution in [0.1, 0.15) is 17.5 Å². The third kappa shape index (κ3) is 4.84. The van der Waals surface area contributed by atoms with Crippen LogP contribution in [0.4, 0.5) is 18.9 Å². The summed E-state index contributed by atoms with van der Waals surface area (Å²) in [4.78, 5) is 30.6. The van der Waals surface area contributed by atoms with E-state index in [0.717, 1.165) is 17.7 Å². The highest BCUT2D eigenvalue weighted by atomic mass is 19.4. The first-order valence-electron chi connectivity index (χ1n) is 10.3. The van der Waals surface area contributed by atoms with E-state index >= 15 is 0 Å². The van der Waals surface area contributed by atoms with Crippen molar-refractivity contribution in [1.82, 2.24) is 9.80 Å². The maximum Gasteiger partial charge on any atom is 0.416 e. The number of nitrogens with zero attached hydrogens (tertiary/aromatic N) is 3. The van der Waals surface area contributed by atoms with Crippen LogP contribution in [0.3, 0.4) is 0 Å². The molecule has 0 bridgehead atoms. The Morgan fingerprint density at radius 1 is 0.968 bits per heavy atom. The van der Waals surface area contributed by atoms with E-state index in [1.165, 1.54) is 6.07 Å². The summed E-state index contributed by atoms with van der Waals surface area (Å²) in [6.45, 7) is 2.67. The Labute approximate surface area is 179 Å². The fraction of sp³-hybridized carbons (Fsp3) is 0.391. The van der Waals surface area contributed by atoms with Gasteiger partial charge in [-0.15, -0.1) is 0 Å². The minimum absolute atomic E-state index is 0.0233. The third-order valence-corrected chi connectivity index (χ3v) is 5.91. The first-order chi connectivity index (χ1) is 14.8. The predicted octanol–water partition coefficient (Wildman–Crippen LogP) is 3.40. The molecule has 2 amide bonds. The number of halogens is 3. The minimum atomic E-state index is -4.38. The number of likely N-dealkylation sites (tertiary alicyclic amines) is 1. The number of rotatable bonds is 4. The summed E-state index contributed by atoms with van der Waals surface area (Å²) in [5.74, 6) is -0.436. The maximum atomic E-state index is 13.0. The van der Waals surface area contributed by atoms with Gasteiger partial charge in [0.2, 0.25) is 11.8 Å². The summed E-state index contributed by atoms with van der Waals surface area (Å²) in [5.41, 5.74) is 0.858. The standard InChI is InChI=1S/C23H24F3N3O2/c24-23(25,26)19-7-4-8-20(14-19)27-9-11-28(12-10-27)22(31)18-13-21(30)29(16-18)15-17-5-2-1-3-6-17/h1-8,14,18H,9-13,15-16H2. The van der Waals surface area contributed by atoms with Gasteiger partial charge in [-0.25, -0.2) is 0 Å². The van der Waals surface area contributed by atoms with Crippen molar-refractivity contribution in [3.8, 4) is 0 Å². The molecule has 2 aromatic rings. The number of hydrogen-bond acceptors (Lipinski definition) is 3. The van der Waals surface area contributed by atoms with Crippen LogP contribution >= 0.6 is 0 Å². The van der Waals surface area contributed by atoms with E-state index in [-0.39, 0.29) is 24.2 Å². The molecule has 0 saturated carbocycles. The Morgan fingerprint density at radius 2 is 1.68 bits per heavy atom. The molecule has 0 spiro atoms. The van der Waals surface area contributed by atoms with E-state index in [9.17, 15) is 22.8 Å². The van der Waals surface area contributed by atoms with Crippen LogP contribution < -0.4 is 4.90 Å². The summed E-state index contributed by atoms with van der Waals surface area (Å²) in [7, 11) is 0. The highest BCUT2D eigenvalue weighted by Gasteiger charge is 2.37. The van der Waals surface area contributed by atoms with Crippen molar-refractivity contribution in [3.05, 3.63) is 65.7 Å². The zero-order valence-corrected chi connectivity index (χ0v) is 17.0. The van der Waals surface area contributed by atoms with Gasteiger partial charge in [0.15, 0.2) is 0 Å². The Hall–Kier alpha value is -3.03. The molecule has 31 heavy (non-hydrogen) atoms. The molecule has 2 aliphatic heterocycles. The number of amides is 2. The fourth-order valence-electron chi connectivity index (χ4n) is 4.22. The van der Waals surface area contributed by atoms with Gasteiger partial charge in [-0.1, -0.05) is 36.4 Å². The van der Waals surface area contributed by atoms with Crippen molar-refractivity contribution in [2.75, 3.05) is 37.6 Å². The predicted molar refractivity (Wildman–Crippen MR) is 110 cm³/mol. The second-order valence-corrected chi connectivity index (χ2v) is 8.02. The normalized spacial score (nSPS) is 19.8. The zero-order valence-electron chi connectivity index (χ0n) is 17.0. The van der Waals surface area contributed by atoms with Gasteiger partial charge in [0, 0.05) is 51.4 Å². The molecule has 0 aliphatic carbocycles. The number of alkyl halides is 3. The van der Waals surface area contributed by atoms with Gasteiger partial charge in [-0.05, 0) is 23.8 Å². The lowest BCUT2D eigenvalue weighted by atomic mass is 10.1. The van der Waals surface area contributed by atoms with E-state index in [1.807, 2.05) is 35.2 Å². The summed E-state index contributed by atoms with van der Waals surface area (Å²) >= 11 is 0. The molecule has 0 aromatic heterocycles. The quantitative estimate of drug-likeness (QED) is 0.746. The molecule has 2 heterocycles. The first kappa shape index (κ1) is 21.2. The van der Waals surface area contributed by atoms with Crippen molar-refractivity contribution in [2.45, 2.75) is 19.1 Å². The van der Waals surface area contributed by atoms with Crippen LogP contribution in [0.2, 0.25) is 0 Å². The minimum Gasteiger partial charge on any atom is -0.368 e. The van der Waals surface area contributed by atoms with Crippen molar-refractivity contribution < 1.29 is 22.8 Å². The third-order valence-electron chi connectivity index (χ3n) is 5.91. The number of hydrogen-bond donors (Lipinski definition) is 0. The van der Waals surface area contributed by atoms with Gasteiger partial charge in [-0.3, -0.25) is 9.59 Å². The molecule has 4 rings (SSSR count). The number of piperazine rings is 1. The van der Waals surface area contributed by atoms with Gasteiger partial charge < -0.3 is 14.7 Å². The fourth-order valence-corrected chi connectivity index (χ4v) is 4.22. The van der Waals surface area contributed by atoms with Crippen LogP contribution in [0.15, 0.2) is 54.6 Å². The Kier molecular flexibility index (Phi) is 5.89. The largest absolute Gasteiger partial charge is 0.416 e. The van der Waals surface area contributed by atoms with Gasteiger partial charge in [0.25, 0.3) is 0 Å². The molecule has 2 aliphatic rings. The molecular weight excluding hydrogens is 407 g/mol. The summed E-state index contributed by atoms with van der Waals surface area (Å²) < 4.78 is 38.9. The molecule has 1 unspecified atom stereocenters. The lowest BCUT2D eigenvalue weighted by molar-refractivity contribution is -0.137. The van der Waals surface area contributed by atoms with E-state index in [0.29, 0.717) is 45.0 Å². The molecular formula is C23H24F3N3O2. The molecule has 0 radical (unpaired) electrons. The molecule has 2 saturated heterocycles. The van der Waals surface area contributed by atoms with Crippen molar-refractivity contribution in [1.29, 1.82) is 0 Å². The zero-order chi connectivity index (χ0) is 22.0. The molecule has 5 nitrogen and oxygen atoms in total. The average molecular weight is 431 g/mol. The second kappa shape index (κ2) is 8.61. The van der Waals surface area contributed by atoms with Gasteiger partial charge in [0.1, 0.15) is 0 Å². The lowest BCUT2D eigenvalue weighted by Crippen LogP contribution is -2.50. The lowest BCUT2D eigenvalue weighted by Gasteiger charge is -2.37. The van der Waals surface area contributed by atoms with E-state index in [4.69, 9.17) is 0 Å². The Balaban J connectivity index is 1.33. The highest BCUT2D eigenvalue weighted by molar-refractivity contribution is 5.89. The molecule has 2 aromatic carbocycles. The Bertz CT molecular complexity index is 941. The van der Waals surface area contributed by atoms with Crippen molar-refractivity contribution in [3.63, 3.8) is 0 Å². The van der Waals surface area contributed by atoms with Crippen LogP contribution in [0, 0.1) is 5.92 Å². The number of carbonyl (C=O) groups excluding carboxylic acids is 2. The second-order valence-electron chi connectivity index (χ2n) is 8.02. The topological polar surface area (TPSA) is 43.9 Å². The number of carbonyl (C=O) groups is 2. The molecule has 2 fully saturated rings. The molecule has 164 valence electrons. The summed E-state index contributed by atoms with van der Waals surface area (Å²) in [5, 5.41) is 0. The molecule has 8 heteroatoms. The van der Waals surface area contributed by atoms with Gasteiger partial charge in [0.05, 0.1) is 11.5 Å². The SMILES string of the molecule is O=C1CC(C(=O)N2CCN(c3cccc(C(F)(F)F)c3)CC2)CN1Cc1ccccc1. The maximum absolute atomic E-state index is 13.0. The number of anilines is 1. The average Bonchev–Trinajstić information content (AvgIpc) is 3.14. The van der Waals surface area contributed by atoms with Crippen LogP contribution in [0.25, 0.3) is 0 Å². The van der Waals surface area contributed by atoms with E-state index in [2.05, 4.69) is 0 Å². The molecule has 0 N–H and O–H groups in total. The van der Waals surface area contributed by atoms with E-state index < -0.39 is 11.7 Å². The van der Waals surface area contributed by atoms with Gasteiger partial charge >= 0.3 is 6.18 Å².